The van der Waals surface area contributed by atoms with E-state index in [1.807, 2.05) is 53.2 Å². The van der Waals surface area contributed by atoms with E-state index in [0.29, 0.717) is 16.8 Å². The first-order chi connectivity index (χ1) is 15.1. The zero-order valence-corrected chi connectivity index (χ0v) is 18.3. The maximum atomic E-state index is 12.6. The number of para-hydroxylation sites is 1. The summed E-state index contributed by atoms with van der Waals surface area (Å²) in [4.78, 5) is 37.6. The summed E-state index contributed by atoms with van der Waals surface area (Å²) >= 11 is 0. The van der Waals surface area contributed by atoms with Crippen molar-refractivity contribution in [2.45, 2.75) is 19.4 Å². The number of H-pyrrole nitrogens is 1. The first kappa shape index (κ1) is 22.0. The Morgan fingerprint density at radius 3 is 2.44 bits per heavy atom. The predicted octanol–water partition coefficient (Wildman–Crippen LogP) is 3.65. The van der Waals surface area contributed by atoms with E-state index in [0.717, 1.165) is 16.8 Å². The van der Waals surface area contributed by atoms with Crippen molar-refractivity contribution < 1.29 is 23.6 Å². The van der Waals surface area contributed by atoms with Crippen LogP contribution in [0.2, 0.25) is 0 Å². The predicted molar refractivity (Wildman–Crippen MR) is 120 cm³/mol. The molecule has 0 fully saturated rings. The lowest BCUT2D eigenvalue weighted by molar-refractivity contribution is 0.0240. The van der Waals surface area contributed by atoms with Crippen molar-refractivity contribution in [2.24, 2.45) is 0 Å². The Morgan fingerprint density at radius 1 is 1.09 bits per heavy atom. The van der Waals surface area contributed by atoms with Crippen LogP contribution >= 0.6 is 7.82 Å². The molecule has 4 aromatic rings. The minimum absolute atomic E-state index is 0.0612. The molecule has 166 valence electrons. The number of aromatic amines is 1. The van der Waals surface area contributed by atoms with Crippen LogP contribution in [0.5, 0.6) is 5.75 Å². The van der Waals surface area contributed by atoms with Gasteiger partial charge in [-0.3, -0.25) is 9.32 Å². The topological polar surface area (TPSA) is 127 Å². The van der Waals surface area contributed by atoms with Crippen LogP contribution in [0, 0.1) is 0 Å². The molecule has 32 heavy (non-hydrogen) atoms. The fraction of sp³-hybridized carbons (Fsp3) is 0.182. The molecule has 0 radical (unpaired) electrons. The zero-order chi connectivity index (χ0) is 22.9. The molecule has 9 nitrogen and oxygen atoms in total. The van der Waals surface area contributed by atoms with Crippen LogP contribution in [0.1, 0.15) is 13.8 Å². The maximum Gasteiger partial charge on any atom is 0.470 e. The summed E-state index contributed by atoms with van der Waals surface area (Å²) in [6, 6.07) is 16.7. The molecule has 0 spiro atoms. The standard InChI is InChI=1S/C22H22N3O6P/c1-22(2,31-32(27,28)29)13-30-17-10-8-15(9-11-17)18-12-25(16-6-4-3-5-7-16)20-19(18)21(26)24-14-23-20/h3-12,14H,13H2,1-2H3,(H,23,24,26)(H2,27,28,29). The molecule has 2 heterocycles. The normalized spacial score (nSPS) is 12.2. The van der Waals surface area contributed by atoms with Crippen molar-refractivity contribution >= 4 is 18.9 Å². The molecule has 3 N–H and O–H groups in total. The molecule has 0 aliphatic rings. The average molecular weight is 455 g/mol. The fourth-order valence-corrected chi connectivity index (χ4v) is 4.11. The third kappa shape index (κ3) is 4.81. The van der Waals surface area contributed by atoms with Gasteiger partial charge in [0, 0.05) is 17.4 Å². The van der Waals surface area contributed by atoms with Gasteiger partial charge in [0.15, 0.2) is 5.65 Å². The maximum absolute atomic E-state index is 12.6. The first-order valence-corrected chi connectivity index (χ1v) is 11.3. The highest BCUT2D eigenvalue weighted by Crippen LogP contribution is 2.41. The molecule has 2 aromatic heterocycles. The summed E-state index contributed by atoms with van der Waals surface area (Å²) in [7, 11) is -4.63. The number of nitrogens with one attached hydrogen (secondary N) is 1. The fourth-order valence-electron chi connectivity index (χ4n) is 3.41. The summed E-state index contributed by atoms with van der Waals surface area (Å²) in [5.74, 6) is 0.495. The minimum atomic E-state index is -4.63. The Kier molecular flexibility index (Phi) is 5.75. The van der Waals surface area contributed by atoms with E-state index < -0.39 is 13.4 Å². The van der Waals surface area contributed by atoms with Gasteiger partial charge in [-0.15, -0.1) is 0 Å². The number of hydrogen-bond donors (Lipinski definition) is 3. The van der Waals surface area contributed by atoms with Gasteiger partial charge in [-0.2, -0.15) is 0 Å². The van der Waals surface area contributed by atoms with E-state index in [4.69, 9.17) is 19.0 Å². The van der Waals surface area contributed by atoms with Gasteiger partial charge in [0.1, 0.15) is 18.0 Å². The van der Waals surface area contributed by atoms with Crippen molar-refractivity contribution in [2.75, 3.05) is 6.61 Å². The van der Waals surface area contributed by atoms with Crippen molar-refractivity contribution in [3.63, 3.8) is 0 Å². The second-order valence-corrected chi connectivity index (χ2v) is 9.00. The third-order valence-corrected chi connectivity index (χ3v) is 5.47. The summed E-state index contributed by atoms with van der Waals surface area (Å²) in [6.45, 7) is 2.99. The molecule has 0 atom stereocenters. The monoisotopic (exact) mass is 455 g/mol. The molecule has 2 aromatic carbocycles. The Balaban J connectivity index is 1.64. The molecule has 0 unspecified atom stereocenters. The third-order valence-electron chi connectivity index (χ3n) is 4.74. The lowest BCUT2D eigenvalue weighted by Crippen LogP contribution is -2.31. The number of hydrogen-bond acceptors (Lipinski definition) is 5. The lowest BCUT2D eigenvalue weighted by atomic mass is 10.1. The van der Waals surface area contributed by atoms with Crippen LogP contribution in [0.15, 0.2) is 71.9 Å². The van der Waals surface area contributed by atoms with Crippen LogP contribution in [0.4, 0.5) is 0 Å². The van der Waals surface area contributed by atoms with E-state index in [2.05, 4.69) is 9.97 Å². The quantitative estimate of drug-likeness (QED) is 0.363. The van der Waals surface area contributed by atoms with Crippen molar-refractivity contribution in [1.82, 2.24) is 14.5 Å². The number of aromatic nitrogens is 3. The summed E-state index contributed by atoms with van der Waals surface area (Å²) < 4.78 is 23.3. The van der Waals surface area contributed by atoms with Gasteiger partial charge in [0.05, 0.1) is 11.7 Å². The van der Waals surface area contributed by atoms with Gasteiger partial charge < -0.3 is 24.1 Å². The van der Waals surface area contributed by atoms with Gasteiger partial charge in [-0.25, -0.2) is 9.55 Å². The number of ether oxygens (including phenoxy) is 1. The zero-order valence-electron chi connectivity index (χ0n) is 17.4. The number of nitrogens with zero attached hydrogens (tertiary/aromatic N) is 2. The average Bonchev–Trinajstić information content (AvgIpc) is 3.13. The van der Waals surface area contributed by atoms with Crippen LogP contribution in [-0.2, 0) is 9.09 Å². The molecule has 0 saturated heterocycles. The van der Waals surface area contributed by atoms with Crippen LogP contribution < -0.4 is 10.3 Å². The highest BCUT2D eigenvalue weighted by molar-refractivity contribution is 7.46. The van der Waals surface area contributed by atoms with Crippen LogP contribution in [0.25, 0.3) is 27.8 Å². The highest BCUT2D eigenvalue weighted by Gasteiger charge is 2.29. The van der Waals surface area contributed by atoms with Gasteiger partial charge in [-0.1, -0.05) is 30.3 Å². The second-order valence-electron chi connectivity index (χ2n) is 7.83. The van der Waals surface area contributed by atoms with Crippen molar-refractivity contribution in [1.29, 1.82) is 0 Å². The number of fused-ring (bicyclic) bond motifs is 1. The van der Waals surface area contributed by atoms with E-state index in [1.54, 1.807) is 12.1 Å². The number of benzene rings is 2. The van der Waals surface area contributed by atoms with Crippen molar-refractivity contribution in [3.8, 4) is 22.6 Å². The van der Waals surface area contributed by atoms with Gasteiger partial charge in [-0.05, 0) is 43.7 Å². The largest absolute Gasteiger partial charge is 0.491 e. The first-order valence-electron chi connectivity index (χ1n) is 9.77. The molecule has 4 rings (SSSR count). The van der Waals surface area contributed by atoms with Crippen LogP contribution in [0.3, 0.4) is 0 Å². The molecule has 0 bridgehead atoms. The molecule has 10 heteroatoms. The number of phosphoric ester groups is 1. The van der Waals surface area contributed by atoms with E-state index >= 15 is 0 Å². The van der Waals surface area contributed by atoms with E-state index in [9.17, 15) is 9.36 Å². The molecule has 0 saturated carbocycles. The van der Waals surface area contributed by atoms with Crippen molar-refractivity contribution in [3.05, 3.63) is 77.5 Å². The number of phosphoric acid groups is 1. The lowest BCUT2D eigenvalue weighted by Gasteiger charge is -2.25. The SMILES string of the molecule is CC(C)(COc1ccc(-c2cn(-c3ccccc3)c3nc[nH]c(=O)c23)cc1)OP(=O)(O)O. The molecule has 0 amide bonds. The van der Waals surface area contributed by atoms with E-state index in [-0.39, 0.29) is 12.2 Å². The summed E-state index contributed by atoms with van der Waals surface area (Å²) in [6.07, 6.45) is 3.25. The van der Waals surface area contributed by atoms with E-state index in [1.165, 1.54) is 20.2 Å². The molecular weight excluding hydrogens is 433 g/mol. The van der Waals surface area contributed by atoms with Crippen LogP contribution in [-0.4, -0.2) is 36.5 Å². The molecular formula is C22H22N3O6P. The summed E-state index contributed by atoms with van der Waals surface area (Å²) in [5, 5.41) is 0.473. The highest BCUT2D eigenvalue weighted by atomic mass is 31.2. The Bertz CT molecular complexity index is 1340. The van der Waals surface area contributed by atoms with Gasteiger partial charge in [0.2, 0.25) is 0 Å². The van der Waals surface area contributed by atoms with Gasteiger partial charge >= 0.3 is 7.82 Å². The second kappa shape index (κ2) is 8.37. The van der Waals surface area contributed by atoms with Gasteiger partial charge in [0.25, 0.3) is 5.56 Å². The minimum Gasteiger partial charge on any atom is -0.491 e. The molecule has 0 aliphatic heterocycles. The molecule has 0 aliphatic carbocycles. The number of rotatable bonds is 7. The smallest absolute Gasteiger partial charge is 0.470 e. The summed E-state index contributed by atoms with van der Waals surface area (Å²) in [5.41, 5.74) is 1.52. The Hall–Kier alpha value is -3.23. The Labute approximate surface area is 183 Å². The Morgan fingerprint density at radius 2 is 1.78 bits per heavy atom.